The highest BCUT2D eigenvalue weighted by Gasteiger charge is 2.19. The summed E-state index contributed by atoms with van der Waals surface area (Å²) >= 11 is 0. The molecule has 0 N–H and O–H groups in total. The second kappa shape index (κ2) is 8.28. The molecule has 0 saturated heterocycles. The molecule has 0 atom stereocenters. The summed E-state index contributed by atoms with van der Waals surface area (Å²) in [5.74, 6) is -0.105. The molecule has 1 saturated carbocycles. The largest absolute Gasteiger partial charge is 0.381 e. The van der Waals surface area contributed by atoms with E-state index in [0.717, 1.165) is 18.4 Å². The topological polar surface area (TPSA) is 9.23 Å². The Morgan fingerprint density at radius 2 is 1.90 bits per heavy atom. The van der Waals surface area contributed by atoms with Gasteiger partial charge < -0.3 is 4.74 Å². The third-order valence-electron chi connectivity index (χ3n) is 4.39. The molecule has 0 aliphatic heterocycles. The van der Waals surface area contributed by atoms with Gasteiger partial charge in [-0.3, -0.25) is 0 Å². The van der Waals surface area contributed by atoms with Crippen molar-refractivity contribution in [3.8, 4) is 0 Å². The molecule has 1 aromatic carbocycles. The van der Waals surface area contributed by atoms with Crippen LogP contribution in [0.5, 0.6) is 0 Å². The van der Waals surface area contributed by atoms with Gasteiger partial charge in [0, 0.05) is 7.11 Å². The average Bonchev–Trinajstić information content (AvgIpc) is 2.50. The summed E-state index contributed by atoms with van der Waals surface area (Å²) in [6, 6.07) is 4.24. The molecular formula is C18H24F2O. The molecule has 0 radical (unpaired) electrons. The summed E-state index contributed by atoms with van der Waals surface area (Å²) in [6.07, 6.45) is 11.2. The number of aryl methyl sites for hydroxylation is 1. The van der Waals surface area contributed by atoms with E-state index in [0.29, 0.717) is 18.4 Å². The predicted octanol–water partition coefficient (Wildman–Crippen LogP) is 4.91. The highest BCUT2D eigenvalue weighted by atomic mass is 19.2. The lowest BCUT2D eigenvalue weighted by molar-refractivity contribution is 0.232. The minimum absolute atomic E-state index is 0.680. The van der Waals surface area contributed by atoms with E-state index in [2.05, 4.69) is 12.2 Å². The fraction of sp³-hybridized carbons (Fsp3) is 0.556. The molecule has 0 heterocycles. The summed E-state index contributed by atoms with van der Waals surface area (Å²) in [5.41, 5.74) is 0.899. The van der Waals surface area contributed by atoms with Crippen LogP contribution >= 0.6 is 0 Å². The minimum Gasteiger partial charge on any atom is -0.381 e. The van der Waals surface area contributed by atoms with Crippen molar-refractivity contribution in [2.75, 3.05) is 13.7 Å². The van der Waals surface area contributed by atoms with Gasteiger partial charge in [-0.1, -0.05) is 18.2 Å². The van der Waals surface area contributed by atoms with Crippen LogP contribution in [0.2, 0.25) is 0 Å². The minimum atomic E-state index is -0.762. The number of halogens is 2. The predicted molar refractivity (Wildman–Crippen MR) is 81.1 cm³/mol. The summed E-state index contributed by atoms with van der Waals surface area (Å²) in [4.78, 5) is 0. The maximum atomic E-state index is 13.2. The summed E-state index contributed by atoms with van der Waals surface area (Å²) in [6.45, 7) is 0.691. The highest BCUT2D eigenvalue weighted by molar-refractivity contribution is 5.17. The first kappa shape index (κ1) is 16.2. The first-order chi connectivity index (χ1) is 10.2. The molecule has 2 rings (SSSR count). The van der Waals surface area contributed by atoms with Crippen molar-refractivity contribution in [2.24, 2.45) is 11.8 Å². The molecular weight excluding hydrogens is 270 g/mol. The van der Waals surface area contributed by atoms with Crippen molar-refractivity contribution < 1.29 is 13.5 Å². The van der Waals surface area contributed by atoms with Crippen LogP contribution in [0, 0.1) is 23.5 Å². The van der Waals surface area contributed by atoms with Gasteiger partial charge in [-0.2, -0.15) is 0 Å². The van der Waals surface area contributed by atoms with Gasteiger partial charge in [-0.05, 0) is 68.1 Å². The Labute approximate surface area is 126 Å². The fourth-order valence-electron chi connectivity index (χ4n) is 3.08. The molecule has 1 aromatic rings. The first-order valence-electron chi connectivity index (χ1n) is 7.78. The van der Waals surface area contributed by atoms with Gasteiger partial charge in [-0.25, -0.2) is 8.78 Å². The van der Waals surface area contributed by atoms with Crippen LogP contribution in [0.25, 0.3) is 0 Å². The van der Waals surface area contributed by atoms with Crippen LogP contribution in [0.15, 0.2) is 30.4 Å². The van der Waals surface area contributed by atoms with Gasteiger partial charge >= 0.3 is 0 Å². The number of rotatable bonds is 6. The average molecular weight is 294 g/mol. The van der Waals surface area contributed by atoms with Gasteiger partial charge in [0.05, 0.1) is 6.61 Å². The van der Waals surface area contributed by atoms with E-state index in [-0.39, 0.29) is 0 Å². The Bertz CT molecular complexity index is 462. The smallest absolute Gasteiger partial charge is 0.159 e. The van der Waals surface area contributed by atoms with Crippen LogP contribution in [0.3, 0.4) is 0 Å². The number of allylic oxidation sites excluding steroid dienone is 1. The van der Waals surface area contributed by atoms with Crippen LogP contribution in [-0.4, -0.2) is 13.7 Å². The van der Waals surface area contributed by atoms with E-state index >= 15 is 0 Å². The standard InChI is InChI=1S/C18H24F2O/c1-21-12-2-3-14-4-6-15(7-5-14)8-9-16-10-11-17(19)18(20)13-16/h2-3,10-11,13-15H,4-9,12H2,1H3/b3-2+. The molecule has 3 heteroatoms. The second-order valence-corrected chi connectivity index (χ2v) is 5.95. The molecule has 116 valence electrons. The maximum Gasteiger partial charge on any atom is 0.159 e. The van der Waals surface area contributed by atoms with E-state index in [1.54, 1.807) is 13.2 Å². The van der Waals surface area contributed by atoms with Crippen molar-refractivity contribution in [1.82, 2.24) is 0 Å². The van der Waals surface area contributed by atoms with Crippen LogP contribution in [-0.2, 0) is 11.2 Å². The number of ether oxygens (including phenoxy) is 1. The van der Waals surface area contributed by atoms with Crippen molar-refractivity contribution >= 4 is 0 Å². The van der Waals surface area contributed by atoms with Gasteiger partial charge in [0.15, 0.2) is 11.6 Å². The van der Waals surface area contributed by atoms with Gasteiger partial charge in [0.1, 0.15) is 0 Å². The van der Waals surface area contributed by atoms with Crippen molar-refractivity contribution in [3.05, 3.63) is 47.5 Å². The Hall–Kier alpha value is -1.22. The normalized spacial score (nSPS) is 22.8. The van der Waals surface area contributed by atoms with E-state index in [4.69, 9.17) is 4.74 Å². The molecule has 0 amide bonds. The lowest BCUT2D eigenvalue weighted by Gasteiger charge is -2.26. The van der Waals surface area contributed by atoms with E-state index < -0.39 is 11.6 Å². The molecule has 0 spiro atoms. The second-order valence-electron chi connectivity index (χ2n) is 5.95. The van der Waals surface area contributed by atoms with Crippen molar-refractivity contribution in [1.29, 1.82) is 0 Å². The molecule has 0 bridgehead atoms. The van der Waals surface area contributed by atoms with Gasteiger partial charge in [-0.15, -0.1) is 0 Å². The van der Waals surface area contributed by atoms with Crippen molar-refractivity contribution in [2.45, 2.75) is 38.5 Å². The molecule has 1 aliphatic carbocycles. The Morgan fingerprint density at radius 1 is 1.14 bits per heavy atom. The Morgan fingerprint density at radius 3 is 2.57 bits per heavy atom. The summed E-state index contributed by atoms with van der Waals surface area (Å²) in [5, 5.41) is 0. The van der Waals surface area contributed by atoms with E-state index in [9.17, 15) is 8.78 Å². The van der Waals surface area contributed by atoms with Gasteiger partial charge in [0.2, 0.25) is 0 Å². The Kier molecular flexibility index (Phi) is 6.37. The molecule has 0 aromatic heterocycles. The summed E-state index contributed by atoms with van der Waals surface area (Å²) in [7, 11) is 1.71. The SMILES string of the molecule is COC/C=C/C1CCC(CCc2ccc(F)c(F)c2)CC1. The molecule has 0 unspecified atom stereocenters. The third-order valence-corrected chi connectivity index (χ3v) is 4.39. The molecule has 1 aliphatic rings. The van der Waals surface area contributed by atoms with Crippen LogP contribution in [0.4, 0.5) is 8.78 Å². The van der Waals surface area contributed by atoms with E-state index in [1.807, 2.05) is 0 Å². The van der Waals surface area contributed by atoms with Gasteiger partial charge in [0.25, 0.3) is 0 Å². The number of methoxy groups -OCH3 is 1. The molecule has 21 heavy (non-hydrogen) atoms. The zero-order valence-corrected chi connectivity index (χ0v) is 12.7. The Balaban J connectivity index is 1.72. The number of hydrogen-bond acceptors (Lipinski definition) is 1. The number of hydrogen-bond donors (Lipinski definition) is 0. The zero-order valence-electron chi connectivity index (χ0n) is 12.7. The van der Waals surface area contributed by atoms with E-state index in [1.165, 1.54) is 37.8 Å². The lowest BCUT2D eigenvalue weighted by Crippen LogP contribution is -2.14. The monoisotopic (exact) mass is 294 g/mol. The van der Waals surface area contributed by atoms with Crippen LogP contribution < -0.4 is 0 Å². The summed E-state index contributed by atoms with van der Waals surface area (Å²) < 4.78 is 31.0. The maximum absolute atomic E-state index is 13.2. The molecule has 1 fully saturated rings. The first-order valence-corrected chi connectivity index (χ1v) is 7.78. The van der Waals surface area contributed by atoms with Crippen LogP contribution in [0.1, 0.15) is 37.7 Å². The lowest BCUT2D eigenvalue weighted by atomic mass is 9.79. The third kappa shape index (κ3) is 5.24. The zero-order chi connectivity index (χ0) is 15.1. The fourth-order valence-corrected chi connectivity index (χ4v) is 3.08. The molecule has 1 nitrogen and oxygen atoms in total. The highest BCUT2D eigenvalue weighted by Crippen LogP contribution is 2.32. The number of benzene rings is 1. The quantitative estimate of drug-likeness (QED) is 0.678. The van der Waals surface area contributed by atoms with Crippen molar-refractivity contribution in [3.63, 3.8) is 0 Å².